The number of benzene rings is 1. The Morgan fingerprint density at radius 3 is 2.82 bits per heavy atom. The molecular formula is C14H20BrNO. The van der Waals surface area contributed by atoms with E-state index in [0.717, 1.165) is 34.2 Å². The van der Waals surface area contributed by atoms with Gasteiger partial charge >= 0.3 is 0 Å². The van der Waals surface area contributed by atoms with Gasteiger partial charge in [0.2, 0.25) is 0 Å². The summed E-state index contributed by atoms with van der Waals surface area (Å²) in [4.78, 5) is 0. The van der Waals surface area contributed by atoms with Gasteiger partial charge < -0.3 is 10.5 Å². The smallest absolute Gasteiger partial charge is 0.126 e. The standard InChI is InChI=1S/C14H20BrNO/c1-4-6-17-14-10(3)7-12(15)8-11(14)9-13(16)5-2/h4,7-8,13H,1,5-6,9,16H2,2-3H3. The quantitative estimate of drug-likeness (QED) is 0.814. The summed E-state index contributed by atoms with van der Waals surface area (Å²) >= 11 is 3.51. The molecule has 0 bridgehead atoms. The van der Waals surface area contributed by atoms with Crippen molar-refractivity contribution in [1.82, 2.24) is 0 Å². The average Bonchev–Trinajstić information content (AvgIpc) is 2.27. The van der Waals surface area contributed by atoms with E-state index in [2.05, 4.69) is 41.6 Å². The maximum atomic E-state index is 6.01. The van der Waals surface area contributed by atoms with E-state index in [1.54, 1.807) is 6.08 Å². The van der Waals surface area contributed by atoms with Crippen molar-refractivity contribution in [2.45, 2.75) is 32.7 Å². The third-order valence-electron chi connectivity index (χ3n) is 2.67. The first-order chi connectivity index (χ1) is 8.08. The van der Waals surface area contributed by atoms with Crippen LogP contribution >= 0.6 is 15.9 Å². The number of ether oxygens (including phenoxy) is 1. The first-order valence-electron chi connectivity index (χ1n) is 5.86. The SMILES string of the molecule is C=CCOc1c(C)cc(Br)cc1CC(N)CC. The van der Waals surface area contributed by atoms with Gasteiger partial charge in [0.25, 0.3) is 0 Å². The van der Waals surface area contributed by atoms with Gasteiger partial charge in [-0.05, 0) is 43.0 Å². The molecule has 0 heterocycles. The molecule has 1 aromatic carbocycles. The van der Waals surface area contributed by atoms with E-state index in [0.29, 0.717) is 6.61 Å². The molecule has 3 heteroatoms. The molecule has 94 valence electrons. The van der Waals surface area contributed by atoms with E-state index in [4.69, 9.17) is 10.5 Å². The molecule has 2 nitrogen and oxygen atoms in total. The number of hydrogen-bond donors (Lipinski definition) is 1. The van der Waals surface area contributed by atoms with Gasteiger partial charge in [0, 0.05) is 10.5 Å². The van der Waals surface area contributed by atoms with Crippen molar-refractivity contribution in [3.8, 4) is 5.75 Å². The number of nitrogens with two attached hydrogens (primary N) is 1. The Labute approximate surface area is 112 Å². The molecule has 0 fully saturated rings. The highest BCUT2D eigenvalue weighted by Crippen LogP contribution is 2.29. The summed E-state index contributed by atoms with van der Waals surface area (Å²) in [6.07, 6.45) is 3.56. The summed E-state index contributed by atoms with van der Waals surface area (Å²) in [5.41, 5.74) is 8.30. The topological polar surface area (TPSA) is 35.2 Å². The van der Waals surface area contributed by atoms with E-state index >= 15 is 0 Å². The van der Waals surface area contributed by atoms with Crippen molar-refractivity contribution in [3.63, 3.8) is 0 Å². The fourth-order valence-corrected chi connectivity index (χ4v) is 2.35. The monoisotopic (exact) mass is 297 g/mol. The predicted octanol–water partition coefficient (Wildman–Crippen LogP) is 3.60. The molecular weight excluding hydrogens is 278 g/mol. The zero-order chi connectivity index (χ0) is 12.8. The van der Waals surface area contributed by atoms with Crippen LogP contribution in [0.5, 0.6) is 5.75 Å². The lowest BCUT2D eigenvalue weighted by Crippen LogP contribution is -2.22. The molecule has 0 saturated heterocycles. The van der Waals surface area contributed by atoms with Crippen LogP contribution in [0, 0.1) is 6.92 Å². The summed E-state index contributed by atoms with van der Waals surface area (Å²) in [7, 11) is 0. The van der Waals surface area contributed by atoms with Gasteiger partial charge in [-0.2, -0.15) is 0 Å². The summed E-state index contributed by atoms with van der Waals surface area (Å²) in [5.74, 6) is 0.942. The van der Waals surface area contributed by atoms with Gasteiger partial charge in [0.05, 0.1) is 0 Å². The molecule has 0 saturated carbocycles. The van der Waals surface area contributed by atoms with Gasteiger partial charge in [-0.25, -0.2) is 0 Å². The van der Waals surface area contributed by atoms with Crippen molar-refractivity contribution >= 4 is 15.9 Å². The molecule has 0 aromatic heterocycles. The molecule has 17 heavy (non-hydrogen) atoms. The number of rotatable bonds is 6. The van der Waals surface area contributed by atoms with Gasteiger partial charge in [-0.15, -0.1) is 0 Å². The molecule has 1 unspecified atom stereocenters. The summed E-state index contributed by atoms with van der Waals surface area (Å²) in [6, 6.07) is 4.31. The highest BCUT2D eigenvalue weighted by atomic mass is 79.9. The Morgan fingerprint density at radius 1 is 1.53 bits per heavy atom. The van der Waals surface area contributed by atoms with Crippen LogP contribution in [-0.2, 0) is 6.42 Å². The molecule has 0 aliphatic heterocycles. The van der Waals surface area contributed by atoms with Crippen LogP contribution in [0.1, 0.15) is 24.5 Å². The summed E-state index contributed by atoms with van der Waals surface area (Å²) in [6.45, 7) is 8.34. The van der Waals surface area contributed by atoms with Crippen molar-refractivity contribution < 1.29 is 4.74 Å². The van der Waals surface area contributed by atoms with Gasteiger partial charge in [0.15, 0.2) is 0 Å². The molecule has 1 aromatic rings. The van der Waals surface area contributed by atoms with Crippen LogP contribution in [0.4, 0.5) is 0 Å². The van der Waals surface area contributed by atoms with Crippen LogP contribution in [0.3, 0.4) is 0 Å². The second-order valence-corrected chi connectivity index (χ2v) is 5.10. The van der Waals surface area contributed by atoms with Crippen molar-refractivity contribution in [2.75, 3.05) is 6.61 Å². The molecule has 0 aliphatic rings. The lowest BCUT2D eigenvalue weighted by atomic mass is 10.0. The minimum Gasteiger partial charge on any atom is -0.489 e. The first-order valence-corrected chi connectivity index (χ1v) is 6.66. The van der Waals surface area contributed by atoms with E-state index < -0.39 is 0 Å². The second kappa shape index (κ2) is 6.82. The zero-order valence-corrected chi connectivity index (χ0v) is 12.1. The highest BCUT2D eigenvalue weighted by molar-refractivity contribution is 9.10. The van der Waals surface area contributed by atoms with Crippen molar-refractivity contribution in [1.29, 1.82) is 0 Å². The van der Waals surface area contributed by atoms with Crippen LogP contribution in [0.15, 0.2) is 29.3 Å². The fraction of sp³-hybridized carbons (Fsp3) is 0.429. The molecule has 0 amide bonds. The largest absolute Gasteiger partial charge is 0.489 e. The van der Waals surface area contributed by atoms with E-state index in [1.807, 2.05) is 6.92 Å². The van der Waals surface area contributed by atoms with E-state index in [9.17, 15) is 0 Å². The fourth-order valence-electron chi connectivity index (χ4n) is 1.73. The number of hydrogen-bond acceptors (Lipinski definition) is 2. The Balaban J connectivity index is 3.01. The second-order valence-electron chi connectivity index (χ2n) is 4.18. The molecule has 2 N–H and O–H groups in total. The number of halogens is 1. The molecule has 0 aliphatic carbocycles. The number of aryl methyl sites for hydroxylation is 1. The summed E-state index contributed by atoms with van der Waals surface area (Å²) in [5, 5.41) is 0. The third-order valence-corrected chi connectivity index (χ3v) is 3.13. The van der Waals surface area contributed by atoms with Crippen LogP contribution in [0.2, 0.25) is 0 Å². The van der Waals surface area contributed by atoms with Crippen LogP contribution in [-0.4, -0.2) is 12.6 Å². The molecule has 1 rings (SSSR count). The predicted molar refractivity (Wildman–Crippen MR) is 76.5 cm³/mol. The minimum absolute atomic E-state index is 0.176. The minimum atomic E-state index is 0.176. The summed E-state index contributed by atoms with van der Waals surface area (Å²) < 4.78 is 6.79. The normalized spacial score (nSPS) is 12.2. The Hall–Kier alpha value is -0.800. The molecule has 0 spiro atoms. The van der Waals surface area contributed by atoms with Gasteiger partial charge in [-0.3, -0.25) is 0 Å². The lowest BCUT2D eigenvalue weighted by molar-refractivity contribution is 0.355. The van der Waals surface area contributed by atoms with Gasteiger partial charge in [0.1, 0.15) is 12.4 Å². The molecule has 1 atom stereocenters. The average molecular weight is 298 g/mol. The third kappa shape index (κ3) is 4.17. The Kier molecular flexibility index (Phi) is 5.72. The van der Waals surface area contributed by atoms with Gasteiger partial charge in [-0.1, -0.05) is 35.5 Å². The van der Waals surface area contributed by atoms with Crippen molar-refractivity contribution in [3.05, 3.63) is 40.4 Å². The van der Waals surface area contributed by atoms with Crippen LogP contribution < -0.4 is 10.5 Å². The maximum absolute atomic E-state index is 6.01. The van der Waals surface area contributed by atoms with Crippen LogP contribution in [0.25, 0.3) is 0 Å². The van der Waals surface area contributed by atoms with E-state index in [-0.39, 0.29) is 6.04 Å². The van der Waals surface area contributed by atoms with E-state index in [1.165, 1.54) is 0 Å². The highest BCUT2D eigenvalue weighted by Gasteiger charge is 2.11. The maximum Gasteiger partial charge on any atom is 0.126 e. The lowest BCUT2D eigenvalue weighted by Gasteiger charge is -2.16. The Morgan fingerprint density at radius 2 is 2.24 bits per heavy atom. The van der Waals surface area contributed by atoms with Crippen molar-refractivity contribution in [2.24, 2.45) is 5.73 Å². The first kappa shape index (κ1) is 14.3. The Bertz CT molecular complexity index is 390. The zero-order valence-electron chi connectivity index (χ0n) is 10.5. The molecule has 0 radical (unpaired) electrons.